The zero-order chi connectivity index (χ0) is 13.5. The number of piperidine rings is 1. The molecule has 0 bridgehead atoms. The standard InChI is InChI=1S/C15H25N3O/c1-13-11-15(3-6-16-13)17-12-14-4-7-18(8-5-14)9-10-19-2/h3,6,11,14H,4-5,7-10,12H2,1-2H3,(H,16,17). The lowest BCUT2D eigenvalue weighted by molar-refractivity contribution is 0.122. The summed E-state index contributed by atoms with van der Waals surface area (Å²) >= 11 is 0. The molecule has 1 N–H and O–H groups in total. The van der Waals surface area contributed by atoms with Gasteiger partial charge in [0.15, 0.2) is 0 Å². The van der Waals surface area contributed by atoms with Crippen molar-refractivity contribution in [3.8, 4) is 0 Å². The minimum atomic E-state index is 0.785. The molecule has 1 aromatic rings. The van der Waals surface area contributed by atoms with Crippen LogP contribution in [0, 0.1) is 12.8 Å². The fourth-order valence-corrected chi connectivity index (χ4v) is 2.55. The van der Waals surface area contributed by atoms with E-state index >= 15 is 0 Å². The van der Waals surface area contributed by atoms with Gasteiger partial charge < -0.3 is 15.0 Å². The highest BCUT2D eigenvalue weighted by Crippen LogP contribution is 2.18. The van der Waals surface area contributed by atoms with E-state index in [4.69, 9.17) is 4.74 Å². The first kappa shape index (κ1) is 14.3. The number of ether oxygens (including phenoxy) is 1. The lowest BCUT2D eigenvalue weighted by Gasteiger charge is -2.31. The molecule has 1 aliphatic rings. The average Bonchev–Trinajstić information content (AvgIpc) is 2.44. The van der Waals surface area contributed by atoms with Gasteiger partial charge in [-0.25, -0.2) is 0 Å². The van der Waals surface area contributed by atoms with Crippen molar-refractivity contribution in [3.05, 3.63) is 24.0 Å². The molecular weight excluding hydrogens is 238 g/mol. The van der Waals surface area contributed by atoms with E-state index in [-0.39, 0.29) is 0 Å². The molecule has 2 rings (SSSR count). The third-order valence-electron chi connectivity index (χ3n) is 3.81. The van der Waals surface area contributed by atoms with Crippen molar-refractivity contribution in [1.82, 2.24) is 9.88 Å². The molecule has 1 fully saturated rings. The lowest BCUT2D eigenvalue weighted by atomic mass is 9.97. The number of methoxy groups -OCH3 is 1. The predicted molar refractivity (Wildman–Crippen MR) is 78.5 cm³/mol. The van der Waals surface area contributed by atoms with E-state index in [2.05, 4.69) is 21.3 Å². The maximum atomic E-state index is 5.13. The zero-order valence-electron chi connectivity index (χ0n) is 12.1. The monoisotopic (exact) mass is 263 g/mol. The first-order valence-electron chi connectivity index (χ1n) is 7.16. The van der Waals surface area contributed by atoms with Crippen LogP contribution in [0.5, 0.6) is 0 Å². The highest BCUT2D eigenvalue weighted by Gasteiger charge is 2.18. The van der Waals surface area contributed by atoms with Crippen LogP contribution < -0.4 is 5.32 Å². The Labute approximate surface area is 116 Å². The Morgan fingerprint density at radius 3 is 2.89 bits per heavy atom. The SMILES string of the molecule is COCCN1CCC(CNc2ccnc(C)c2)CC1. The van der Waals surface area contributed by atoms with Gasteiger partial charge in [0, 0.05) is 37.8 Å². The van der Waals surface area contributed by atoms with Gasteiger partial charge in [-0.2, -0.15) is 0 Å². The minimum absolute atomic E-state index is 0.785. The lowest BCUT2D eigenvalue weighted by Crippen LogP contribution is -2.37. The maximum Gasteiger partial charge on any atom is 0.0589 e. The first-order valence-corrected chi connectivity index (χ1v) is 7.16. The topological polar surface area (TPSA) is 37.4 Å². The number of rotatable bonds is 6. The van der Waals surface area contributed by atoms with E-state index < -0.39 is 0 Å². The Kier molecular flexibility index (Phi) is 5.61. The first-order chi connectivity index (χ1) is 9.28. The quantitative estimate of drug-likeness (QED) is 0.853. The number of hydrogen-bond donors (Lipinski definition) is 1. The molecular formula is C15H25N3O. The van der Waals surface area contributed by atoms with E-state index in [1.807, 2.05) is 19.2 Å². The minimum Gasteiger partial charge on any atom is -0.385 e. The summed E-state index contributed by atoms with van der Waals surface area (Å²) < 4.78 is 5.13. The Balaban J connectivity index is 1.68. The van der Waals surface area contributed by atoms with Crippen molar-refractivity contribution in [2.75, 3.05) is 45.2 Å². The Morgan fingerprint density at radius 2 is 2.21 bits per heavy atom. The molecule has 1 aliphatic heterocycles. The Morgan fingerprint density at radius 1 is 1.42 bits per heavy atom. The normalized spacial score (nSPS) is 17.6. The van der Waals surface area contributed by atoms with Crippen LogP contribution in [0.1, 0.15) is 18.5 Å². The fraction of sp³-hybridized carbons (Fsp3) is 0.667. The fourth-order valence-electron chi connectivity index (χ4n) is 2.55. The summed E-state index contributed by atoms with van der Waals surface area (Å²) in [5, 5.41) is 3.53. The number of aryl methyl sites for hydroxylation is 1. The molecule has 1 saturated heterocycles. The molecule has 0 unspecified atom stereocenters. The third kappa shape index (κ3) is 4.80. The molecule has 0 aromatic carbocycles. The van der Waals surface area contributed by atoms with Crippen molar-refractivity contribution in [3.63, 3.8) is 0 Å². The van der Waals surface area contributed by atoms with E-state index in [9.17, 15) is 0 Å². The smallest absolute Gasteiger partial charge is 0.0589 e. The van der Waals surface area contributed by atoms with Crippen molar-refractivity contribution in [2.45, 2.75) is 19.8 Å². The molecule has 0 radical (unpaired) electrons. The predicted octanol–water partition coefficient (Wildman–Crippen LogP) is 2.16. The van der Waals surface area contributed by atoms with E-state index in [1.165, 1.54) is 31.6 Å². The van der Waals surface area contributed by atoms with Gasteiger partial charge in [-0.05, 0) is 50.9 Å². The van der Waals surface area contributed by atoms with Gasteiger partial charge in [-0.1, -0.05) is 0 Å². The maximum absolute atomic E-state index is 5.13. The van der Waals surface area contributed by atoms with E-state index in [1.54, 1.807) is 7.11 Å². The van der Waals surface area contributed by atoms with Crippen LogP contribution in [0.15, 0.2) is 18.3 Å². The van der Waals surface area contributed by atoms with Crippen LogP contribution in [-0.4, -0.2) is 49.8 Å². The summed E-state index contributed by atoms with van der Waals surface area (Å²) in [6, 6.07) is 4.15. The number of anilines is 1. The number of likely N-dealkylation sites (tertiary alicyclic amines) is 1. The zero-order valence-corrected chi connectivity index (χ0v) is 12.1. The molecule has 2 heterocycles. The molecule has 1 aromatic heterocycles. The molecule has 4 nitrogen and oxygen atoms in total. The van der Waals surface area contributed by atoms with Gasteiger partial charge >= 0.3 is 0 Å². The summed E-state index contributed by atoms with van der Waals surface area (Å²) in [6.07, 6.45) is 4.42. The van der Waals surface area contributed by atoms with Crippen molar-refractivity contribution in [2.24, 2.45) is 5.92 Å². The van der Waals surface area contributed by atoms with Gasteiger partial charge in [-0.15, -0.1) is 0 Å². The molecule has 0 saturated carbocycles. The van der Waals surface area contributed by atoms with Crippen LogP contribution in [0.4, 0.5) is 5.69 Å². The summed E-state index contributed by atoms with van der Waals surface area (Å²) in [5.74, 6) is 0.785. The number of pyridine rings is 1. The second kappa shape index (κ2) is 7.46. The number of nitrogens with one attached hydrogen (secondary N) is 1. The highest BCUT2D eigenvalue weighted by atomic mass is 16.5. The molecule has 19 heavy (non-hydrogen) atoms. The van der Waals surface area contributed by atoms with Crippen LogP contribution in [0.3, 0.4) is 0 Å². The molecule has 0 spiro atoms. The highest BCUT2D eigenvalue weighted by molar-refractivity contribution is 5.42. The van der Waals surface area contributed by atoms with Crippen molar-refractivity contribution in [1.29, 1.82) is 0 Å². The summed E-state index contributed by atoms with van der Waals surface area (Å²) in [4.78, 5) is 6.71. The Bertz CT molecular complexity index is 375. The van der Waals surface area contributed by atoms with Crippen molar-refractivity contribution < 1.29 is 4.74 Å². The van der Waals surface area contributed by atoms with Gasteiger partial charge in [0.2, 0.25) is 0 Å². The van der Waals surface area contributed by atoms with Crippen LogP contribution in [0.2, 0.25) is 0 Å². The van der Waals surface area contributed by atoms with E-state index in [0.29, 0.717) is 0 Å². The average molecular weight is 263 g/mol. The largest absolute Gasteiger partial charge is 0.385 e. The van der Waals surface area contributed by atoms with Crippen LogP contribution in [0.25, 0.3) is 0 Å². The van der Waals surface area contributed by atoms with E-state index in [0.717, 1.165) is 31.3 Å². The molecule has 4 heteroatoms. The van der Waals surface area contributed by atoms with Crippen LogP contribution >= 0.6 is 0 Å². The molecule has 0 aliphatic carbocycles. The third-order valence-corrected chi connectivity index (χ3v) is 3.81. The van der Waals surface area contributed by atoms with Gasteiger partial charge in [0.1, 0.15) is 0 Å². The molecule has 0 amide bonds. The van der Waals surface area contributed by atoms with Crippen molar-refractivity contribution >= 4 is 5.69 Å². The summed E-state index contributed by atoms with van der Waals surface area (Å²) in [6.45, 7) is 7.41. The van der Waals surface area contributed by atoms with Crippen LogP contribution in [-0.2, 0) is 4.74 Å². The van der Waals surface area contributed by atoms with Gasteiger partial charge in [0.25, 0.3) is 0 Å². The molecule has 0 atom stereocenters. The molecule has 106 valence electrons. The number of aromatic nitrogens is 1. The second-order valence-electron chi connectivity index (χ2n) is 5.34. The van der Waals surface area contributed by atoms with Gasteiger partial charge in [0.05, 0.1) is 6.61 Å². The number of hydrogen-bond acceptors (Lipinski definition) is 4. The van der Waals surface area contributed by atoms with Gasteiger partial charge in [-0.3, -0.25) is 4.98 Å². The summed E-state index contributed by atoms with van der Waals surface area (Å²) in [7, 11) is 1.77. The number of nitrogens with zero attached hydrogens (tertiary/aromatic N) is 2. The Hall–Kier alpha value is -1.13. The second-order valence-corrected chi connectivity index (χ2v) is 5.34. The summed E-state index contributed by atoms with van der Waals surface area (Å²) in [5.41, 5.74) is 2.26.